The minimum Gasteiger partial charge on any atom is -0.274 e. The maximum absolute atomic E-state index is 13.1. The highest BCUT2D eigenvalue weighted by Crippen LogP contribution is 2.65. The molecule has 5 aliphatic rings. The highest BCUT2D eigenvalue weighted by Gasteiger charge is 2.67. The molecule has 1 aromatic rings. The van der Waals surface area contributed by atoms with Crippen LogP contribution in [0.25, 0.3) is 0 Å². The first-order chi connectivity index (χ1) is 11.9. The molecule has 6 heteroatoms. The average molecular weight is 338 g/mol. The Morgan fingerprint density at radius 3 is 2.04 bits per heavy atom. The Morgan fingerprint density at radius 2 is 1.52 bits per heavy atom. The van der Waals surface area contributed by atoms with Gasteiger partial charge >= 0.3 is 0 Å². The molecule has 6 nitrogen and oxygen atoms in total. The summed E-state index contributed by atoms with van der Waals surface area (Å²) in [7, 11) is 0. The molecule has 0 spiro atoms. The quantitative estimate of drug-likeness (QED) is 0.359. The van der Waals surface area contributed by atoms with E-state index in [0.717, 1.165) is 22.4 Å². The number of allylic oxidation sites excluding steroid dienone is 2. The fraction of sp³-hybridized carbons (Fsp3) is 0.474. The molecule has 2 amide bonds. The molecular formula is C19H18N2O4. The molecule has 128 valence electrons. The summed E-state index contributed by atoms with van der Waals surface area (Å²) < 4.78 is 0. The van der Waals surface area contributed by atoms with Crippen molar-refractivity contribution in [1.29, 1.82) is 0 Å². The first-order valence-electron chi connectivity index (χ1n) is 8.72. The number of carbonyl (C=O) groups excluding carboxylic acids is 2. The van der Waals surface area contributed by atoms with Crippen LogP contribution in [-0.2, 0) is 9.59 Å². The van der Waals surface area contributed by atoms with Crippen LogP contribution in [0.4, 0.5) is 11.4 Å². The second-order valence-electron chi connectivity index (χ2n) is 7.85. The number of carbonyl (C=O) groups is 2. The number of aryl methyl sites for hydroxylation is 2. The summed E-state index contributed by atoms with van der Waals surface area (Å²) in [6.07, 6.45) is 5.30. The second-order valence-corrected chi connectivity index (χ2v) is 7.85. The predicted molar refractivity (Wildman–Crippen MR) is 89.8 cm³/mol. The molecule has 1 heterocycles. The van der Waals surface area contributed by atoms with Crippen LogP contribution in [0.15, 0.2) is 24.3 Å². The van der Waals surface area contributed by atoms with Gasteiger partial charge in [-0.1, -0.05) is 12.2 Å². The standard InChI is InChI=1S/C19H18N2O4/c1-8-5-14(15(21(24)25)6-9(8)2)20-18(22)16-10-3-4-11(13-7-12(10)13)17(16)19(20)23/h3-6,10-13,16-17H,7H2,1-2H3/t10-,11+,12-,13-,16+,17+/m1/s1. The number of anilines is 1. The summed E-state index contributed by atoms with van der Waals surface area (Å²) in [5, 5.41) is 11.5. The number of nitro benzene ring substituents is 1. The number of benzene rings is 1. The third kappa shape index (κ3) is 1.74. The lowest BCUT2D eigenvalue weighted by Gasteiger charge is -2.37. The molecule has 0 radical (unpaired) electrons. The van der Waals surface area contributed by atoms with Crippen LogP contribution >= 0.6 is 0 Å². The summed E-state index contributed by atoms with van der Waals surface area (Å²) in [5.74, 6) is 0.0708. The second kappa shape index (κ2) is 4.56. The van der Waals surface area contributed by atoms with Crippen molar-refractivity contribution in [2.45, 2.75) is 20.3 Å². The van der Waals surface area contributed by atoms with E-state index in [0.29, 0.717) is 11.8 Å². The van der Waals surface area contributed by atoms with E-state index in [1.54, 1.807) is 13.0 Å². The first kappa shape index (κ1) is 14.8. The Balaban J connectivity index is 1.63. The van der Waals surface area contributed by atoms with Gasteiger partial charge in [-0.15, -0.1) is 0 Å². The van der Waals surface area contributed by atoms with Crippen LogP contribution in [0.3, 0.4) is 0 Å². The van der Waals surface area contributed by atoms with Crippen LogP contribution in [-0.4, -0.2) is 16.7 Å². The molecule has 25 heavy (non-hydrogen) atoms. The maximum Gasteiger partial charge on any atom is 0.293 e. The Labute approximate surface area is 144 Å². The van der Waals surface area contributed by atoms with E-state index in [4.69, 9.17) is 0 Å². The van der Waals surface area contributed by atoms with Crippen molar-refractivity contribution in [2.24, 2.45) is 35.5 Å². The highest BCUT2D eigenvalue weighted by molar-refractivity contribution is 6.23. The topological polar surface area (TPSA) is 80.5 Å². The van der Waals surface area contributed by atoms with Gasteiger partial charge in [-0.05, 0) is 61.1 Å². The van der Waals surface area contributed by atoms with Crippen LogP contribution in [0.1, 0.15) is 17.5 Å². The molecule has 0 aromatic heterocycles. The molecule has 6 atom stereocenters. The zero-order valence-corrected chi connectivity index (χ0v) is 14.0. The van der Waals surface area contributed by atoms with Crippen LogP contribution in [0.5, 0.6) is 0 Å². The van der Waals surface area contributed by atoms with E-state index in [-0.39, 0.29) is 46.9 Å². The van der Waals surface area contributed by atoms with Gasteiger partial charge in [0.15, 0.2) is 0 Å². The fourth-order valence-corrected chi connectivity index (χ4v) is 5.31. The van der Waals surface area contributed by atoms with E-state index >= 15 is 0 Å². The average Bonchev–Trinajstić information content (AvgIpc) is 3.34. The van der Waals surface area contributed by atoms with E-state index in [9.17, 15) is 19.7 Å². The summed E-state index contributed by atoms with van der Waals surface area (Å²) in [4.78, 5) is 38.4. The van der Waals surface area contributed by atoms with Crippen molar-refractivity contribution in [3.63, 3.8) is 0 Å². The number of imide groups is 1. The van der Waals surface area contributed by atoms with Crippen molar-refractivity contribution in [1.82, 2.24) is 0 Å². The lowest BCUT2D eigenvalue weighted by molar-refractivity contribution is -0.384. The monoisotopic (exact) mass is 338 g/mol. The van der Waals surface area contributed by atoms with Gasteiger partial charge in [0.05, 0.1) is 16.8 Å². The third-order valence-electron chi connectivity index (χ3n) is 6.69. The molecular weight excluding hydrogens is 320 g/mol. The fourth-order valence-electron chi connectivity index (χ4n) is 5.31. The Hall–Kier alpha value is -2.50. The van der Waals surface area contributed by atoms with Gasteiger partial charge in [-0.2, -0.15) is 0 Å². The Kier molecular flexibility index (Phi) is 2.70. The van der Waals surface area contributed by atoms with Crippen LogP contribution in [0.2, 0.25) is 0 Å². The van der Waals surface area contributed by atoms with Gasteiger partial charge in [0.2, 0.25) is 11.8 Å². The molecule has 0 unspecified atom stereocenters. The minimum atomic E-state index is -0.505. The van der Waals surface area contributed by atoms with Crippen molar-refractivity contribution < 1.29 is 14.5 Å². The summed E-state index contributed by atoms with van der Waals surface area (Å²) in [6.45, 7) is 3.62. The Bertz CT molecular complexity index is 854. The van der Waals surface area contributed by atoms with E-state index in [1.165, 1.54) is 6.07 Å². The third-order valence-corrected chi connectivity index (χ3v) is 6.69. The van der Waals surface area contributed by atoms with E-state index < -0.39 is 4.92 Å². The molecule has 2 saturated carbocycles. The number of nitrogens with zero attached hydrogens (tertiary/aromatic N) is 2. The number of hydrogen-bond acceptors (Lipinski definition) is 4. The van der Waals surface area contributed by atoms with Gasteiger partial charge in [0, 0.05) is 6.07 Å². The van der Waals surface area contributed by atoms with E-state index in [2.05, 4.69) is 12.2 Å². The molecule has 1 aromatic carbocycles. The molecule has 6 rings (SSSR count). The van der Waals surface area contributed by atoms with Gasteiger partial charge in [-0.25, -0.2) is 4.90 Å². The van der Waals surface area contributed by atoms with Crippen LogP contribution in [0, 0.1) is 59.5 Å². The summed E-state index contributed by atoms with van der Waals surface area (Å²) >= 11 is 0. The maximum atomic E-state index is 13.1. The molecule has 1 aliphatic heterocycles. The normalized spacial score (nSPS) is 37.3. The smallest absolute Gasteiger partial charge is 0.274 e. The molecule has 3 fully saturated rings. The van der Waals surface area contributed by atoms with Gasteiger partial charge in [0.1, 0.15) is 5.69 Å². The summed E-state index contributed by atoms with van der Waals surface area (Å²) in [6, 6.07) is 3.06. The number of hydrogen-bond donors (Lipinski definition) is 0. The lowest BCUT2D eigenvalue weighted by Crippen LogP contribution is -2.40. The molecule has 0 N–H and O–H groups in total. The number of rotatable bonds is 2. The molecule has 2 bridgehead atoms. The summed E-state index contributed by atoms with van der Waals surface area (Å²) in [5.41, 5.74) is 1.56. The predicted octanol–water partition coefficient (Wildman–Crippen LogP) is 2.77. The zero-order chi connectivity index (χ0) is 17.6. The van der Waals surface area contributed by atoms with Crippen molar-refractivity contribution in [3.8, 4) is 0 Å². The minimum absolute atomic E-state index is 0.118. The highest BCUT2D eigenvalue weighted by atomic mass is 16.6. The molecule has 4 aliphatic carbocycles. The van der Waals surface area contributed by atoms with Gasteiger partial charge in [0.25, 0.3) is 5.69 Å². The Morgan fingerprint density at radius 1 is 1.00 bits per heavy atom. The number of amides is 2. The van der Waals surface area contributed by atoms with Crippen molar-refractivity contribution in [3.05, 3.63) is 45.5 Å². The largest absolute Gasteiger partial charge is 0.293 e. The first-order valence-corrected chi connectivity index (χ1v) is 8.72. The zero-order valence-electron chi connectivity index (χ0n) is 14.0. The van der Waals surface area contributed by atoms with Gasteiger partial charge in [-0.3, -0.25) is 19.7 Å². The lowest BCUT2D eigenvalue weighted by atomic mass is 9.63. The van der Waals surface area contributed by atoms with Crippen molar-refractivity contribution >= 4 is 23.2 Å². The number of nitro groups is 1. The van der Waals surface area contributed by atoms with E-state index in [1.807, 2.05) is 6.92 Å². The van der Waals surface area contributed by atoms with Crippen molar-refractivity contribution in [2.75, 3.05) is 4.90 Å². The SMILES string of the molecule is Cc1cc(N2C(=O)[C@H]3[C@@H]4C=C[C@@H]([C@H]5C[C@H]45)[C@@H]3C2=O)c([N+](=O)[O-])cc1C. The van der Waals surface area contributed by atoms with Crippen LogP contribution < -0.4 is 4.90 Å². The van der Waals surface area contributed by atoms with Gasteiger partial charge < -0.3 is 0 Å². The molecule has 1 saturated heterocycles.